The van der Waals surface area contributed by atoms with Gasteiger partial charge in [0.05, 0.1) is 0 Å². The molecule has 0 aliphatic carbocycles. The van der Waals surface area contributed by atoms with Crippen LogP contribution in [0.3, 0.4) is 0 Å². The molecule has 18 heavy (non-hydrogen) atoms. The first kappa shape index (κ1) is 15.0. The molecular weight excluding hydrogens is 232 g/mol. The van der Waals surface area contributed by atoms with Gasteiger partial charge in [-0.05, 0) is 32.4 Å². The molecule has 1 aliphatic heterocycles. The lowest BCUT2D eigenvalue weighted by molar-refractivity contribution is -0.137. The number of amides is 1. The van der Waals surface area contributed by atoms with Gasteiger partial charge in [-0.25, -0.2) is 0 Å². The van der Waals surface area contributed by atoms with Crippen LogP contribution >= 0.6 is 0 Å². The van der Waals surface area contributed by atoms with Crippen molar-refractivity contribution in [2.75, 3.05) is 32.7 Å². The van der Waals surface area contributed by atoms with Crippen LogP contribution < -0.4 is 0 Å². The normalized spacial score (nSPS) is 17.5. The molecule has 0 aromatic rings. The highest BCUT2D eigenvalue weighted by Crippen LogP contribution is 2.06. The van der Waals surface area contributed by atoms with E-state index in [0.717, 1.165) is 58.4 Å². The SMILES string of the molecule is CC(=O)N1CCCN(CCCCCC(=O)O)CC1. The topological polar surface area (TPSA) is 60.9 Å². The molecule has 0 bridgehead atoms. The summed E-state index contributed by atoms with van der Waals surface area (Å²) in [6, 6.07) is 0. The van der Waals surface area contributed by atoms with E-state index in [0.29, 0.717) is 0 Å². The number of carbonyl (C=O) groups is 2. The summed E-state index contributed by atoms with van der Waals surface area (Å²) in [5.74, 6) is -0.541. The van der Waals surface area contributed by atoms with Gasteiger partial charge in [0.25, 0.3) is 0 Å². The molecule has 0 saturated carbocycles. The van der Waals surface area contributed by atoms with Gasteiger partial charge in [-0.3, -0.25) is 9.59 Å². The highest BCUT2D eigenvalue weighted by Gasteiger charge is 2.15. The van der Waals surface area contributed by atoms with E-state index in [1.807, 2.05) is 4.90 Å². The minimum absolute atomic E-state index is 0.165. The third-order valence-corrected chi connectivity index (χ3v) is 3.40. The Labute approximate surface area is 109 Å². The van der Waals surface area contributed by atoms with Crippen molar-refractivity contribution in [2.24, 2.45) is 0 Å². The Hall–Kier alpha value is -1.10. The number of hydrogen-bond donors (Lipinski definition) is 1. The highest BCUT2D eigenvalue weighted by molar-refractivity contribution is 5.73. The number of nitrogens with zero attached hydrogens (tertiary/aromatic N) is 2. The molecule has 0 aromatic heterocycles. The number of hydrogen-bond acceptors (Lipinski definition) is 3. The quantitative estimate of drug-likeness (QED) is 0.725. The zero-order valence-electron chi connectivity index (χ0n) is 11.2. The molecule has 1 heterocycles. The van der Waals surface area contributed by atoms with Gasteiger partial charge in [0.1, 0.15) is 0 Å². The van der Waals surface area contributed by atoms with Gasteiger partial charge < -0.3 is 14.9 Å². The fourth-order valence-corrected chi connectivity index (χ4v) is 2.30. The molecular formula is C13H24N2O3. The summed E-state index contributed by atoms with van der Waals surface area (Å²) in [5.41, 5.74) is 0. The van der Waals surface area contributed by atoms with Crippen LogP contribution in [-0.4, -0.2) is 59.5 Å². The average Bonchev–Trinajstić information content (AvgIpc) is 2.53. The van der Waals surface area contributed by atoms with Crippen molar-refractivity contribution in [3.63, 3.8) is 0 Å². The van der Waals surface area contributed by atoms with E-state index in [-0.39, 0.29) is 12.3 Å². The highest BCUT2D eigenvalue weighted by atomic mass is 16.4. The van der Waals surface area contributed by atoms with Crippen molar-refractivity contribution >= 4 is 11.9 Å². The molecule has 0 aromatic carbocycles. The monoisotopic (exact) mass is 256 g/mol. The summed E-state index contributed by atoms with van der Waals surface area (Å²) in [4.78, 5) is 25.9. The predicted molar refractivity (Wildman–Crippen MR) is 69.4 cm³/mol. The third kappa shape index (κ3) is 6.00. The number of carboxylic acids is 1. The molecule has 1 fully saturated rings. The van der Waals surface area contributed by atoms with E-state index in [9.17, 15) is 9.59 Å². The van der Waals surface area contributed by atoms with Gasteiger partial charge in [-0.15, -0.1) is 0 Å². The summed E-state index contributed by atoms with van der Waals surface area (Å²) in [6.45, 7) is 6.32. The maximum atomic E-state index is 11.3. The third-order valence-electron chi connectivity index (χ3n) is 3.40. The second-order valence-corrected chi connectivity index (χ2v) is 4.91. The summed E-state index contributed by atoms with van der Waals surface area (Å²) in [7, 11) is 0. The van der Waals surface area contributed by atoms with Crippen molar-refractivity contribution in [3.05, 3.63) is 0 Å². The van der Waals surface area contributed by atoms with Gasteiger partial charge in [0, 0.05) is 33.0 Å². The number of carbonyl (C=O) groups excluding carboxylic acids is 1. The lowest BCUT2D eigenvalue weighted by atomic mass is 10.2. The Kier molecular flexibility index (Phi) is 6.72. The predicted octanol–water partition coefficient (Wildman–Crippen LogP) is 1.19. The minimum atomic E-state index is -0.707. The van der Waals surface area contributed by atoms with Crippen molar-refractivity contribution in [1.82, 2.24) is 9.80 Å². The lowest BCUT2D eigenvalue weighted by Crippen LogP contribution is -2.33. The molecule has 1 N–H and O–H groups in total. The van der Waals surface area contributed by atoms with E-state index in [1.54, 1.807) is 6.92 Å². The van der Waals surface area contributed by atoms with Crippen LogP contribution in [0, 0.1) is 0 Å². The maximum Gasteiger partial charge on any atom is 0.303 e. The van der Waals surface area contributed by atoms with Gasteiger partial charge in [0.2, 0.25) is 5.91 Å². The van der Waals surface area contributed by atoms with Crippen LogP contribution in [0.25, 0.3) is 0 Å². The molecule has 1 aliphatic rings. The van der Waals surface area contributed by atoms with E-state index < -0.39 is 5.97 Å². The van der Waals surface area contributed by atoms with Crippen LogP contribution in [0.4, 0.5) is 0 Å². The fraction of sp³-hybridized carbons (Fsp3) is 0.846. The zero-order chi connectivity index (χ0) is 13.4. The molecule has 0 unspecified atom stereocenters. The molecule has 1 rings (SSSR count). The first-order chi connectivity index (χ1) is 8.59. The van der Waals surface area contributed by atoms with Crippen LogP contribution in [0.15, 0.2) is 0 Å². The molecule has 1 saturated heterocycles. The Morgan fingerprint density at radius 1 is 1.06 bits per heavy atom. The van der Waals surface area contributed by atoms with Crippen molar-refractivity contribution < 1.29 is 14.7 Å². The Bertz CT molecular complexity index is 281. The Morgan fingerprint density at radius 2 is 1.83 bits per heavy atom. The number of unbranched alkanes of at least 4 members (excludes halogenated alkanes) is 2. The minimum Gasteiger partial charge on any atom is -0.481 e. The summed E-state index contributed by atoms with van der Waals surface area (Å²) < 4.78 is 0. The molecule has 1 amide bonds. The maximum absolute atomic E-state index is 11.3. The standard InChI is InChI=1S/C13H24N2O3/c1-12(16)15-9-5-8-14(10-11-15)7-4-2-3-6-13(17)18/h2-11H2,1H3,(H,17,18). The van der Waals surface area contributed by atoms with Gasteiger partial charge >= 0.3 is 5.97 Å². The number of carboxylic acid groups (broad SMARTS) is 1. The van der Waals surface area contributed by atoms with Gasteiger partial charge in [-0.2, -0.15) is 0 Å². The Balaban J connectivity index is 2.12. The van der Waals surface area contributed by atoms with E-state index in [2.05, 4.69) is 4.90 Å². The van der Waals surface area contributed by atoms with Crippen molar-refractivity contribution in [2.45, 2.75) is 39.0 Å². The lowest BCUT2D eigenvalue weighted by Gasteiger charge is -2.20. The number of aliphatic carboxylic acids is 1. The van der Waals surface area contributed by atoms with Gasteiger partial charge in [-0.1, -0.05) is 6.42 Å². The van der Waals surface area contributed by atoms with E-state index in [4.69, 9.17) is 5.11 Å². The second kappa shape index (κ2) is 8.08. The molecule has 5 nitrogen and oxygen atoms in total. The second-order valence-electron chi connectivity index (χ2n) is 4.91. The van der Waals surface area contributed by atoms with Crippen LogP contribution in [0.1, 0.15) is 39.0 Å². The van der Waals surface area contributed by atoms with E-state index >= 15 is 0 Å². The summed E-state index contributed by atoms with van der Waals surface area (Å²) in [5, 5.41) is 8.53. The summed E-state index contributed by atoms with van der Waals surface area (Å²) >= 11 is 0. The van der Waals surface area contributed by atoms with Crippen molar-refractivity contribution in [1.29, 1.82) is 0 Å². The smallest absolute Gasteiger partial charge is 0.303 e. The fourth-order valence-electron chi connectivity index (χ4n) is 2.30. The van der Waals surface area contributed by atoms with Crippen LogP contribution in [-0.2, 0) is 9.59 Å². The molecule has 0 atom stereocenters. The molecule has 5 heteroatoms. The molecule has 0 spiro atoms. The zero-order valence-corrected chi connectivity index (χ0v) is 11.2. The first-order valence-electron chi connectivity index (χ1n) is 6.79. The van der Waals surface area contributed by atoms with Crippen LogP contribution in [0.2, 0.25) is 0 Å². The van der Waals surface area contributed by atoms with Crippen molar-refractivity contribution in [3.8, 4) is 0 Å². The largest absolute Gasteiger partial charge is 0.481 e. The summed E-state index contributed by atoms with van der Waals surface area (Å²) in [6.07, 6.45) is 4.10. The number of rotatable bonds is 6. The van der Waals surface area contributed by atoms with Crippen LogP contribution in [0.5, 0.6) is 0 Å². The van der Waals surface area contributed by atoms with Gasteiger partial charge in [0.15, 0.2) is 0 Å². The molecule has 0 radical (unpaired) electrons. The Morgan fingerprint density at radius 3 is 2.50 bits per heavy atom. The van der Waals surface area contributed by atoms with E-state index in [1.165, 1.54) is 0 Å². The average molecular weight is 256 g/mol. The molecule has 104 valence electrons. The first-order valence-corrected chi connectivity index (χ1v) is 6.79.